The molecule has 0 bridgehead atoms. The summed E-state index contributed by atoms with van der Waals surface area (Å²) in [6, 6.07) is 0. The van der Waals surface area contributed by atoms with E-state index in [1.807, 2.05) is 6.20 Å². The van der Waals surface area contributed by atoms with Gasteiger partial charge in [0.2, 0.25) is 0 Å². The van der Waals surface area contributed by atoms with Gasteiger partial charge in [0.25, 0.3) is 0 Å². The summed E-state index contributed by atoms with van der Waals surface area (Å²) in [5, 5.41) is 0. The maximum atomic E-state index is 5.44. The van der Waals surface area contributed by atoms with E-state index >= 15 is 0 Å². The fourth-order valence-electron chi connectivity index (χ4n) is 1.10. The first-order valence-electron chi connectivity index (χ1n) is 4.07. The van der Waals surface area contributed by atoms with E-state index in [2.05, 4.69) is 9.55 Å². The van der Waals surface area contributed by atoms with Crippen molar-refractivity contribution in [2.75, 3.05) is 20.3 Å². The molecule has 0 fully saturated rings. The van der Waals surface area contributed by atoms with Crippen LogP contribution in [-0.4, -0.2) is 29.8 Å². The lowest BCUT2D eigenvalue weighted by Gasteiger charge is -2.04. The zero-order chi connectivity index (χ0) is 8.81. The van der Waals surface area contributed by atoms with Crippen molar-refractivity contribution >= 4 is 0 Å². The Hall–Kier alpha value is -0.870. The number of hydrogen-bond donors (Lipinski definition) is 1. The number of aromatic nitrogens is 2. The molecule has 0 radical (unpaired) electrons. The fraction of sp³-hybridized carbons (Fsp3) is 0.625. The molecule has 1 heterocycles. The number of hydrogen-bond acceptors (Lipinski definition) is 3. The minimum Gasteiger partial charge on any atom is -0.384 e. The van der Waals surface area contributed by atoms with Crippen LogP contribution in [0, 0.1) is 0 Å². The quantitative estimate of drug-likeness (QED) is 0.676. The average Bonchev–Trinajstić information content (AvgIpc) is 2.50. The number of nitrogens with zero attached hydrogens (tertiary/aromatic N) is 2. The summed E-state index contributed by atoms with van der Waals surface area (Å²) in [5.74, 6) is 1.04. The molecule has 0 aliphatic rings. The molecule has 0 aromatic carbocycles. The van der Waals surface area contributed by atoms with E-state index in [-0.39, 0.29) is 0 Å². The lowest BCUT2D eigenvalue weighted by atomic mass is 10.4. The average molecular weight is 169 g/mol. The van der Waals surface area contributed by atoms with E-state index in [9.17, 15) is 0 Å². The van der Waals surface area contributed by atoms with Crippen LogP contribution in [-0.2, 0) is 17.7 Å². The highest BCUT2D eigenvalue weighted by Crippen LogP contribution is 1.97. The molecule has 4 heteroatoms. The SMILES string of the molecule is COCCc1nccn1CCN. The lowest BCUT2D eigenvalue weighted by molar-refractivity contribution is 0.199. The molecule has 4 nitrogen and oxygen atoms in total. The number of methoxy groups -OCH3 is 1. The van der Waals surface area contributed by atoms with Crippen molar-refractivity contribution < 1.29 is 4.74 Å². The highest BCUT2D eigenvalue weighted by Gasteiger charge is 2.00. The summed E-state index contributed by atoms with van der Waals surface area (Å²) in [7, 11) is 1.69. The Labute approximate surface area is 72.3 Å². The summed E-state index contributed by atoms with van der Waals surface area (Å²) in [4.78, 5) is 4.20. The Balaban J connectivity index is 2.51. The third-order valence-corrected chi connectivity index (χ3v) is 1.70. The summed E-state index contributed by atoms with van der Waals surface area (Å²) in [5.41, 5.74) is 5.44. The minimum absolute atomic E-state index is 0.649. The van der Waals surface area contributed by atoms with Crippen LogP contribution in [0.15, 0.2) is 12.4 Å². The van der Waals surface area contributed by atoms with Gasteiger partial charge in [-0.2, -0.15) is 0 Å². The van der Waals surface area contributed by atoms with Crippen LogP contribution in [0.5, 0.6) is 0 Å². The van der Waals surface area contributed by atoms with Gasteiger partial charge in [-0.15, -0.1) is 0 Å². The van der Waals surface area contributed by atoms with Crippen LogP contribution in [0.3, 0.4) is 0 Å². The molecule has 1 rings (SSSR count). The zero-order valence-corrected chi connectivity index (χ0v) is 7.36. The Bertz CT molecular complexity index is 222. The molecule has 0 spiro atoms. The van der Waals surface area contributed by atoms with Gasteiger partial charge in [0.05, 0.1) is 6.61 Å². The molecular formula is C8H15N3O. The zero-order valence-electron chi connectivity index (χ0n) is 7.36. The normalized spacial score (nSPS) is 10.5. The monoisotopic (exact) mass is 169 g/mol. The van der Waals surface area contributed by atoms with Crippen LogP contribution < -0.4 is 5.73 Å². The summed E-state index contributed by atoms with van der Waals surface area (Å²) in [6.45, 7) is 2.19. The predicted molar refractivity (Wildman–Crippen MR) is 46.9 cm³/mol. The fourth-order valence-corrected chi connectivity index (χ4v) is 1.10. The molecule has 0 saturated carbocycles. The number of nitrogens with two attached hydrogens (primary N) is 1. The van der Waals surface area contributed by atoms with E-state index in [0.29, 0.717) is 13.2 Å². The van der Waals surface area contributed by atoms with Crippen molar-refractivity contribution in [3.05, 3.63) is 18.2 Å². The van der Waals surface area contributed by atoms with Crippen molar-refractivity contribution in [2.24, 2.45) is 5.73 Å². The van der Waals surface area contributed by atoms with Crippen molar-refractivity contribution in [3.8, 4) is 0 Å². The third-order valence-electron chi connectivity index (χ3n) is 1.70. The molecule has 0 atom stereocenters. The van der Waals surface area contributed by atoms with E-state index in [1.165, 1.54) is 0 Å². The molecule has 0 aliphatic heterocycles. The van der Waals surface area contributed by atoms with Crippen LogP contribution in [0.25, 0.3) is 0 Å². The van der Waals surface area contributed by atoms with Crippen LogP contribution >= 0.6 is 0 Å². The van der Waals surface area contributed by atoms with Gasteiger partial charge < -0.3 is 15.0 Å². The van der Waals surface area contributed by atoms with Crippen LogP contribution in [0.4, 0.5) is 0 Å². The highest BCUT2D eigenvalue weighted by molar-refractivity contribution is 4.92. The van der Waals surface area contributed by atoms with Gasteiger partial charge in [-0.3, -0.25) is 0 Å². The summed E-state index contributed by atoms with van der Waals surface area (Å²) >= 11 is 0. The molecule has 0 amide bonds. The van der Waals surface area contributed by atoms with Gasteiger partial charge in [0.1, 0.15) is 5.82 Å². The highest BCUT2D eigenvalue weighted by atomic mass is 16.5. The molecule has 2 N–H and O–H groups in total. The molecular weight excluding hydrogens is 154 g/mol. The maximum Gasteiger partial charge on any atom is 0.110 e. The first-order chi connectivity index (χ1) is 5.88. The predicted octanol–water partition coefficient (Wildman–Crippen LogP) is 0.0307. The van der Waals surface area contributed by atoms with Gasteiger partial charge in [-0.05, 0) is 0 Å². The topological polar surface area (TPSA) is 53.1 Å². The third kappa shape index (κ3) is 2.32. The minimum atomic E-state index is 0.649. The van der Waals surface area contributed by atoms with Crippen LogP contribution in [0.2, 0.25) is 0 Å². The van der Waals surface area contributed by atoms with Crippen molar-refractivity contribution in [2.45, 2.75) is 13.0 Å². The number of rotatable bonds is 5. The molecule has 68 valence electrons. The Morgan fingerprint density at radius 1 is 1.67 bits per heavy atom. The molecule has 0 aliphatic carbocycles. The maximum absolute atomic E-state index is 5.44. The van der Waals surface area contributed by atoms with Gasteiger partial charge in [-0.25, -0.2) is 4.98 Å². The largest absolute Gasteiger partial charge is 0.384 e. The van der Waals surface area contributed by atoms with Crippen molar-refractivity contribution in [3.63, 3.8) is 0 Å². The Morgan fingerprint density at radius 3 is 3.17 bits per heavy atom. The van der Waals surface area contributed by atoms with Crippen LogP contribution in [0.1, 0.15) is 5.82 Å². The Kier molecular flexibility index (Phi) is 3.76. The molecule has 0 unspecified atom stereocenters. The molecule has 1 aromatic heterocycles. The summed E-state index contributed by atoms with van der Waals surface area (Å²) in [6.07, 6.45) is 4.59. The van der Waals surface area contributed by atoms with Gasteiger partial charge in [0, 0.05) is 39.0 Å². The number of ether oxygens (including phenoxy) is 1. The van der Waals surface area contributed by atoms with Crippen molar-refractivity contribution in [1.29, 1.82) is 0 Å². The van der Waals surface area contributed by atoms with Gasteiger partial charge in [-0.1, -0.05) is 0 Å². The Morgan fingerprint density at radius 2 is 2.50 bits per heavy atom. The molecule has 0 saturated heterocycles. The van der Waals surface area contributed by atoms with Gasteiger partial charge in [0.15, 0.2) is 0 Å². The van der Waals surface area contributed by atoms with E-state index in [4.69, 9.17) is 10.5 Å². The second kappa shape index (κ2) is 4.90. The molecule has 12 heavy (non-hydrogen) atoms. The van der Waals surface area contributed by atoms with Crippen molar-refractivity contribution in [1.82, 2.24) is 9.55 Å². The van der Waals surface area contributed by atoms with E-state index in [0.717, 1.165) is 18.8 Å². The first kappa shape index (κ1) is 9.22. The van der Waals surface area contributed by atoms with E-state index < -0.39 is 0 Å². The standard InChI is InChI=1S/C8H15N3O/c1-12-7-2-8-10-4-6-11(8)5-3-9/h4,6H,2-3,5,7,9H2,1H3. The van der Waals surface area contributed by atoms with E-state index in [1.54, 1.807) is 13.3 Å². The smallest absolute Gasteiger partial charge is 0.110 e. The summed E-state index contributed by atoms with van der Waals surface area (Å²) < 4.78 is 7.02. The second-order valence-electron chi connectivity index (χ2n) is 2.57. The first-order valence-corrected chi connectivity index (χ1v) is 4.07. The number of imidazole rings is 1. The van der Waals surface area contributed by atoms with Gasteiger partial charge >= 0.3 is 0 Å². The molecule has 1 aromatic rings. The lowest BCUT2D eigenvalue weighted by Crippen LogP contribution is -2.13. The second-order valence-corrected chi connectivity index (χ2v) is 2.57.